The third-order valence-corrected chi connectivity index (χ3v) is 15.2. The predicted octanol–water partition coefficient (Wildman–Crippen LogP) is 10.8. The van der Waals surface area contributed by atoms with Gasteiger partial charge in [-0.2, -0.15) is 0 Å². The fourth-order valence-electron chi connectivity index (χ4n) is 8.52. The number of sulfonamides is 1. The maximum atomic E-state index is 13.2. The lowest BCUT2D eigenvalue weighted by Gasteiger charge is -2.24. The number of ether oxygens (including phenoxy) is 2. The molecule has 4 aromatic carbocycles. The molecule has 4 aromatic rings. The van der Waals surface area contributed by atoms with Gasteiger partial charge in [0.05, 0.1) is 39.1 Å². The molecule has 0 aliphatic carbocycles. The number of unbranched alkanes of at least 4 members (excludes halogenated alkanes) is 16. The summed E-state index contributed by atoms with van der Waals surface area (Å²) < 4.78 is 63.6. The lowest BCUT2D eigenvalue weighted by molar-refractivity contribution is -0.870. The maximum Gasteiger partial charge on any atom is 0.472 e. The number of likely N-dealkylation sites (N-methyl/N-ethyl adjacent to an activating group) is 1. The largest absolute Gasteiger partial charge is 0.472 e. The van der Waals surface area contributed by atoms with Crippen LogP contribution < -0.4 is 14.9 Å². The average molecular weight is 1050 g/mol. The Balaban J connectivity index is 1.02. The van der Waals surface area contributed by atoms with Crippen LogP contribution in [0.3, 0.4) is 0 Å². The first-order valence-electron chi connectivity index (χ1n) is 26.6. The van der Waals surface area contributed by atoms with Crippen molar-refractivity contribution in [2.75, 3.05) is 79.6 Å². The Morgan fingerprint density at radius 1 is 0.644 bits per heavy atom. The Kier molecular flexibility index (Phi) is 27.5. The summed E-state index contributed by atoms with van der Waals surface area (Å²) in [6.07, 6.45) is 16.9. The van der Waals surface area contributed by atoms with Gasteiger partial charge in [0.25, 0.3) is 0 Å². The molecule has 4 rings (SSSR count). The van der Waals surface area contributed by atoms with E-state index in [0.29, 0.717) is 53.7 Å². The molecular weight excluding hydrogens is 968 g/mol. The summed E-state index contributed by atoms with van der Waals surface area (Å²) in [5.74, 6) is -0.886. The molecule has 0 spiro atoms. The average Bonchev–Trinajstić information content (AvgIpc) is 3.34. The number of anilines is 1. The fourth-order valence-corrected chi connectivity index (χ4v) is 10.6. The highest BCUT2D eigenvalue weighted by atomic mass is 32.2. The summed E-state index contributed by atoms with van der Waals surface area (Å²) in [6.45, 7) is 0.756. The minimum Gasteiger partial charge on any atom is -0.462 e. The van der Waals surface area contributed by atoms with Crippen molar-refractivity contribution in [3.63, 3.8) is 0 Å². The summed E-state index contributed by atoms with van der Waals surface area (Å²) in [4.78, 5) is 50.5. The quantitative estimate of drug-likeness (QED) is 0.0166. The lowest BCUT2D eigenvalue weighted by atomic mass is 10.0. The Bertz CT molecular complexity index is 2450. The van der Waals surface area contributed by atoms with E-state index in [1.165, 1.54) is 5.39 Å². The number of fused-ring (bicyclic) bond motifs is 2. The smallest absolute Gasteiger partial charge is 0.462 e. The molecule has 0 saturated carbocycles. The van der Waals surface area contributed by atoms with Crippen LogP contribution in [0.5, 0.6) is 0 Å². The summed E-state index contributed by atoms with van der Waals surface area (Å²) in [6, 6.07) is 25.4. The Labute approximate surface area is 436 Å². The summed E-state index contributed by atoms with van der Waals surface area (Å²) in [5, 5.41) is 6.96. The molecule has 1 amide bonds. The number of hydrogen-bond donors (Lipinski definition) is 3. The summed E-state index contributed by atoms with van der Waals surface area (Å²) in [7, 11) is 1.56. The highest BCUT2D eigenvalue weighted by Gasteiger charge is 2.27. The van der Waals surface area contributed by atoms with Gasteiger partial charge in [-0.25, -0.2) is 17.7 Å². The van der Waals surface area contributed by atoms with Gasteiger partial charge in [0.2, 0.25) is 15.9 Å². The second-order valence-electron chi connectivity index (χ2n) is 20.4. The number of carbonyl (C=O) groups is 3. The summed E-state index contributed by atoms with van der Waals surface area (Å²) in [5.41, 5.74) is 1.98. The molecule has 406 valence electrons. The van der Waals surface area contributed by atoms with Crippen LogP contribution in [-0.2, 0) is 53.9 Å². The Morgan fingerprint density at radius 2 is 1.21 bits per heavy atom. The van der Waals surface area contributed by atoms with Crippen molar-refractivity contribution in [1.82, 2.24) is 10.0 Å². The van der Waals surface area contributed by atoms with E-state index in [1.807, 2.05) is 82.6 Å². The molecule has 2 atom stereocenters. The van der Waals surface area contributed by atoms with Gasteiger partial charge in [-0.3, -0.25) is 23.4 Å². The molecule has 0 fully saturated rings. The number of phosphoric acid groups is 1. The zero-order chi connectivity index (χ0) is 53.0. The van der Waals surface area contributed by atoms with Gasteiger partial charge < -0.3 is 29.1 Å². The lowest BCUT2D eigenvalue weighted by Crippen LogP contribution is -2.37. The molecule has 3 N–H and O–H groups in total. The zero-order valence-corrected chi connectivity index (χ0v) is 46.2. The van der Waals surface area contributed by atoms with E-state index in [4.69, 9.17) is 18.5 Å². The SMILES string of the molecule is CN(C)c1cccc2c(S(=O)(=O)NCCCCCCCCCCCC(=O)O[C@H](COC(=O)CCCCCCCCCCCNC(=O)Cc3ccc4ccccc4c3)COP(=O)(O)OCC[N+](C)(C)C)cccc12. The Morgan fingerprint density at radius 3 is 1.84 bits per heavy atom. The van der Waals surface area contributed by atoms with Gasteiger partial charge in [-0.15, -0.1) is 0 Å². The van der Waals surface area contributed by atoms with Gasteiger partial charge in [0.1, 0.15) is 19.8 Å². The van der Waals surface area contributed by atoms with E-state index >= 15 is 0 Å². The molecule has 0 saturated heterocycles. The van der Waals surface area contributed by atoms with E-state index in [0.717, 1.165) is 125 Å². The predicted molar refractivity (Wildman–Crippen MR) is 292 cm³/mol. The van der Waals surface area contributed by atoms with Crippen LogP contribution in [0.1, 0.15) is 134 Å². The van der Waals surface area contributed by atoms with Crippen LogP contribution >= 0.6 is 7.82 Å². The molecule has 17 heteroatoms. The first-order valence-corrected chi connectivity index (χ1v) is 29.6. The highest BCUT2D eigenvalue weighted by Crippen LogP contribution is 2.43. The number of nitrogens with zero attached hydrogens (tertiary/aromatic N) is 2. The second kappa shape index (κ2) is 32.8. The van der Waals surface area contributed by atoms with Crippen LogP contribution in [0.2, 0.25) is 0 Å². The van der Waals surface area contributed by atoms with Crippen molar-refractivity contribution in [3.05, 3.63) is 84.4 Å². The third kappa shape index (κ3) is 25.1. The number of phosphoric ester groups is 1. The number of benzene rings is 4. The van der Waals surface area contributed by atoms with E-state index in [9.17, 15) is 32.3 Å². The monoisotopic (exact) mass is 1050 g/mol. The number of rotatable bonds is 39. The van der Waals surface area contributed by atoms with Gasteiger partial charge >= 0.3 is 19.8 Å². The Hall–Kier alpha value is -4.41. The van der Waals surface area contributed by atoms with Crippen LogP contribution in [0.15, 0.2) is 83.8 Å². The van der Waals surface area contributed by atoms with E-state index in [2.05, 4.69) is 34.3 Å². The second-order valence-corrected chi connectivity index (χ2v) is 23.6. The molecule has 73 heavy (non-hydrogen) atoms. The molecule has 0 aliphatic rings. The number of carbonyl (C=O) groups excluding carboxylic acids is 3. The summed E-state index contributed by atoms with van der Waals surface area (Å²) >= 11 is 0. The van der Waals surface area contributed by atoms with Crippen LogP contribution in [0.25, 0.3) is 21.5 Å². The highest BCUT2D eigenvalue weighted by molar-refractivity contribution is 7.89. The minimum atomic E-state index is -4.45. The van der Waals surface area contributed by atoms with Crippen LogP contribution in [0, 0.1) is 0 Å². The third-order valence-electron chi connectivity index (χ3n) is 12.7. The standard InChI is InChI=1S/C56H85N4O11PS/c1-59(2)52-32-26-31-51-50(52)30-27-33-53(51)73(66,67)58-39-25-19-15-11-7-9-13-17-21-35-56(63)71-49(45-70-72(64,65)69-41-40-60(3,4)5)44-68-55(62)34-20-16-12-8-6-10-14-18-24-38-57-54(61)43-46-36-37-47-28-22-23-29-48(47)42-46/h22-23,26-33,36-37,42,49,58H,6-21,24-25,34-35,38-41,43-45H2,1-5H3,(H-,57,61,64,65)/p+1/t49-/m1/s1. The first kappa shape index (κ1) is 61.1. The van der Waals surface area contributed by atoms with Crippen molar-refractivity contribution >= 4 is 62.9 Å². The normalized spacial score (nSPS) is 13.2. The van der Waals surface area contributed by atoms with E-state index < -0.39 is 42.5 Å². The fraction of sp³-hybridized carbons (Fsp3) is 0.589. The van der Waals surface area contributed by atoms with Gasteiger partial charge in [0, 0.05) is 56.5 Å². The van der Waals surface area contributed by atoms with Crippen molar-refractivity contribution in [2.45, 2.75) is 146 Å². The van der Waals surface area contributed by atoms with Crippen molar-refractivity contribution in [2.24, 2.45) is 0 Å². The molecule has 15 nitrogen and oxygen atoms in total. The molecule has 0 aromatic heterocycles. The number of esters is 2. The molecule has 0 bridgehead atoms. The minimum absolute atomic E-state index is 0.0125. The number of amides is 1. The van der Waals surface area contributed by atoms with Gasteiger partial charge in [0.15, 0.2) is 6.10 Å². The van der Waals surface area contributed by atoms with E-state index in [1.54, 1.807) is 12.1 Å². The molecule has 0 heterocycles. The van der Waals surface area contributed by atoms with Crippen molar-refractivity contribution in [1.29, 1.82) is 0 Å². The van der Waals surface area contributed by atoms with Crippen molar-refractivity contribution < 1.29 is 55.3 Å². The van der Waals surface area contributed by atoms with Gasteiger partial charge in [-0.05, 0) is 54.2 Å². The molecule has 1 unspecified atom stereocenters. The number of nitrogens with one attached hydrogen (secondary N) is 2. The topological polar surface area (TPSA) is 187 Å². The molecule has 0 aliphatic heterocycles. The van der Waals surface area contributed by atoms with E-state index in [-0.39, 0.29) is 32.0 Å². The maximum absolute atomic E-state index is 13.2. The first-order chi connectivity index (χ1) is 34.9. The molecular formula is C56H86N4O11PS+. The van der Waals surface area contributed by atoms with Crippen LogP contribution in [0.4, 0.5) is 5.69 Å². The molecule has 0 radical (unpaired) electrons. The van der Waals surface area contributed by atoms with Crippen LogP contribution in [-0.4, -0.2) is 116 Å². The van der Waals surface area contributed by atoms with Gasteiger partial charge in [-0.1, -0.05) is 157 Å². The number of quaternary nitrogens is 1. The number of hydrogen-bond acceptors (Lipinski definition) is 11. The zero-order valence-electron chi connectivity index (χ0n) is 44.5. The van der Waals surface area contributed by atoms with Crippen molar-refractivity contribution in [3.8, 4) is 0 Å².